The Morgan fingerprint density at radius 3 is 1.51 bits per heavy atom. The molecule has 0 aromatic rings. The standard InChI is InChI=1S/C29H51NO16.C26H39N5O12/c1-14-21(36)16(34)11-20(42-14)45-27-26(46-28-25(40)24(39)22(37)17(12-31)43-28)23(38)18(13-32)44-29(27)41-10-6-5-8-15(33)7-3-4-9-19(35)30-2;1-3-17(32)6-9-23(38)30(15-25(40)41)13-22(37)29-12-19(34)7-10-24(39)31(16-26(42)43)14-21(36)28-11-18(33)5-8-20(35)27-4-2/h14,16-18,20-29,31-32,34,36-40H,3-13H2,1-2H3,(H,30,35);3-16H2,1-2H3,(H,27,35)(H,28,36)(H,29,37)(H,40,41)(H,42,43)/t14?,16-,17?,18?,20+,21-,22+,23+,24+,25?,26+,27?,28-,29-;/m1./s1. The number of Topliss-reactive ketones (excluding diaryl/α,β-unsaturated/α-hetero) is 4. The second-order valence-corrected chi connectivity index (χ2v) is 21.2. The van der Waals surface area contributed by atoms with Crippen LogP contribution in [0, 0.1) is 0 Å². The number of ketones is 4. The van der Waals surface area contributed by atoms with Crippen LogP contribution in [-0.2, 0) is 86.0 Å². The van der Waals surface area contributed by atoms with Gasteiger partial charge in [0.05, 0.1) is 38.5 Å². The SMILES string of the molecule is CCNC(=O)CCC(=O)CNC(=O)CN(CC(=O)O)C(=O)CCC(=O)CNC(=O)CN(CC(=O)O)C(=O)CCC(=O)CC.CNC(=O)CCCCC(=O)CCCCO[C@@H]1OC(CO)[C@H](O)[C@H](O[C@H]2OC(CO)[C@H](O)[C@H](O)C2O)C1O[C@H]1C[C@@H](O)[C@H](O)C(C)O1. The summed E-state index contributed by atoms with van der Waals surface area (Å²) in [5.41, 5.74) is 0. The van der Waals surface area contributed by atoms with Crippen molar-refractivity contribution >= 4 is 70.5 Å². The Morgan fingerprint density at radius 2 is 1.00 bits per heavy atom. The summed E-state index contributed by atoms with van der Waals surface area (Å²) in [6, 6.07) is 0. The number of carboxylic acids is 2. The Labute approximate surface area is 513 Å². The predicted molar refractivity (Wildman–Crippen MR) is 300 cm³/mol. The number of nitrogens with one attached hydrogen (secondary N) is 4. The van der Waals surface area contributed by atoms with E-state index >= 15 is 0 Å². The quantitative estimate of drug-likeness (QED) is 0.0254. The van der Waals surface area contributed by atoms with Crippen LogP contribution in [0.25, 0.3) is 0 Å². The van der Waals surface area contributed by atoms with E-state index in [0.717, 1.165) is 4.90 Å². The smallest absolute Gasteiger partial charge is 0.323 e. The first kappa shape index (κ1) is 79.0. The molecular weight excluding hydrogens is 1190 g/mol. The van der Waals surface area contributed by atoms with Crippen molar-refractivity contribution in [2.45, 2.75) is 203 Å². The molecule has 3 heterocycles. The molecule has 5 unspecified atom stereocenters. The molecule has 0 spiro atoms. The Morgan fingerprint density at radius 1 is 0.494 bits per heavy atom. The van der Waals surface area contributed by atoms with E-state index < -0.39 is 198 Å². The molecule has 508 valence electrons. The summed E-state index contributed by atoms with van der Waals surface area (Å²) in [6.45, 7) is -0.179. The second kappa shape index (κ2) is 42.0. The highest BCUT2D eigenvalue weighted by Gasteiger charge is 2.53. The number of carboxylic acid groups (broad SMARTS) is 2. The number of rotatable bonds is 40. The van der Waals surface area contributed by atoms with Gasteiger partial charge in [0.15, 0.2) is 30.4 Å². The molecule has 3 fully saturated rings. The van der Waals surface area contributed by atoms with Gasteiger partial charge in [-0.05, 0) is 39.5 Å². The minimum absolute atomic E-state index is 0.0489. The zero-order chi connectivity index (χ0) is 66.9. The highest BCUT2D eigenvalue weighted by molar-refractivity contribution is 5.94. The van der Waals surface area contributed by atoms with Gasteiger partial charge in [-0.15, -0.1) is 0 Å². The number of amides is 6. The van der Waals surface area contributed by atoms with Gasteiger partial charge in [-0.3, -0.25) is 57.5 Å². The maximum Gasteiger partial charge on any atom is 0.323 e. The normalized spacial score (nSPS) is 25.6. The van der Waals surface area contributed by atoms with Gasteiger partial charge in [0, 0.05) is 90.8 Å². The number of aliphatic hydroxyl groups is 8. The summed E-state index contributed by atoms with van der Waals surface area (Å²) in [5, 5.41) is 110. The molecule has 0 aromatic heterocycles. The lowest BCUT2D eigenvalue weighted by molar-refractivity contribution is -0.382. The Kier molecular flexibility index (Phi) is 37.3. The van der Waals surface area contributed by atoms with Crippen molar-refractivity contribution in [1.82, 2.24) is 31.1 Å². The first-order valence-electron chi connectivity index (χ1n) is 29.3. The van der Waals surface area contributed by atoms with Crippen molar-refractivity contribution in [3.8, 4) is 0 Å². The highest BCUT2D eigenvalue weighted by Crippen LogP contribution is 2.34. The number of hydrogen-bond donors (Lipinski definition) is 14. The summed E-state index contributed by atoms with van der Waals surface area (Å²) in [6.07, 6.45) is -18.0. The van der Waals surface area contributed by atoms with Crippen molar-refractivity contribution in [3.63, 3.8) is 0 Å². The van der Waals surface area contributed by atoms with Crippen molar-refractivity contribution in [3.05, 3.63) is 0 Å². The maximum atomic E-state index is 12.5. The van der Waals surface area contributed by atoms with Gasteiger partial charge >= 0.3 is 11.9 Å². The summed E-state index contributed by atoms with van der Waals surface area (Å²) in [5.74, 6) is -7.79. The van der Waals surface area contributed by atoms with Gasteiger partial charge in [0.2, 0.25) is 35.4 Å². The molecule has 0 bridgehead atoms. The fourth-order valence-electron chi connectivity index (χ4n) is 8.92. The summed E-state index contributed by atoms with van der Waals surface area (Å²) < 4.78 is 34.8. The zero-order valence-corrected chi connectivity index (χ0v) is 50.5. The van der Waals surface area contributed by atoms with E-state index in [-0.39, 0.29) is 68.5 Å². The van der Waals surface area contributed by atoms with Crippen molar-refractivity contribution < 1.29 is 137 Å². The lowest BCUT2D eigenvalue weighted by Crippen LogP contribution is -2.66. The molecule has 3 saturated heterocycles. The van der Waals surface area contributed by atoms with Crippen LogP contribution >= 0.6 is 0 Å². The Hall–Kier alpha value is -6.12. The van der Waals surface area contributed by atoms with E-state index in [9.17, 15) is 98.4 Å². The Bertz CT molecular complexity index is 2300. The van der Waals surface area contributed by atoms with Gasteiger partial charge in [-0.25, -0.2) is 0 Å². The van der Waals surface area contributed by atoms with E-state index in [1.165, 1.54) is 6.92 Å². The van der Waals surface area contributed by atoms with Crippen LogP contribution in [0.5, 0.6) is 0 Å². The molecular formula is C55H90N6O28. The van der Waals surface area contributed by atoms with E-state index in [2.05, 4.69) is 21.3 Å². The molecule has 3 aliphatic heterocycles. The molecule has 14 N–H and O–H groups in total. The van der Waals surface area contributed by atoms with Crippen molar-refractivity contribution in [2.24, 2.45) is 0 Å². The predicted octanol–water partition coefficient (Wildman–Crippen LogP) is -5.81. The molecule has 14 atom stereocenters. The van der Waals surface area contributed by atoms with Gasteiger partial charge < -0.3 is 111 Å². The third-order valence-corrected chi connectivity index (χ3v) is 14.1. The molecule has 34 heteroatoms. The molecule has 3 rings (SSSR count). The fourth-order valence-corrected chi connectivity index (χ4v) is 8.92. The zero-order valence-electron chi connectivity index (χ0n) is 50.5. The lowest BCUT2D eigenvalue weighted by atomic mass is 9.96. The molecule has 0 aliphatic carbocycles. The number of unbranched alkanes of at least 4 members (excludes halogenated alkanes) is 2. The molecule has 89 heavy (non-hydrogen) atoms. The largest absolute Gasteiger partial charge is 0.480 e. The fraction of sp³-hybridized carbons (Fsp3) is 0.782. The van der Waals surface area contributed by atoms with Crippen LogP contribution < -0.4 is 21.3 Å². The van der Waals surface area contributed by atoms with Crippen LogP contribution in [0.1, 0.15) is 117 Å². The summed E-state index contributed by atoms with van der Waals surface area (Å²) in [4.78, 5) is 143. The number of carbonyl (C=O) groups is 12. The number of aliphatic hydroxyl groups excluding tert-OH is 8. The van der Waals surface area contributed by atoms with Crippen molar-refractivity contribution in [1.29, 1.82) is 0 Å². The van der Waals surface area contributed by atoms with Crippen LogP contribution in [0.2, 0.25) is 0 Å². The minimum Gasteiger partial charge on any atom is -0.480 e. The minimum atomic E-state index is -1.82. The number of nitrogens with zero attached hydrogens (tertiary/aromatic N) is 2. The van der Waals surface area contributed by atoms with Crippen LogP contribution in [0.15, 0.2) is 0 Å². The summed E-state index contributed by atoms with van der Waals surface area (Å²) in [7, 11) is 1.56. The van der Waals surface area contributed by atoms with Crippen LogP contribution in [0.3, 0.4) is 0 Å². The molecule has 0 aromatic carbocycles. The average Bonchev–Trinajstić information content (AvgIpc) is 1.17. The van der Waals surface area contributed by atoms with Crippen LogP contribution in [-0.4, -0.2) is 290 Å². The van der Waals surface area contributed by atoms with Gasteiger partial charge in [0.25, 0.3) is 0 Å². The van der Waals surface area contributed by atoms with Gasteiger partial charge in [0.1, 0.15) is 92.7 Å². The molecule has 34 nitrogen and oxygen atoms in total. The van der Waals surface area contributed by atoms with Crippen molar-refractivity contribution in [2.75, 3.05) is 72.7 Å². The van der Waals surface area contributed by atoms with E-state index in [1.54, 1.807) is 20.9 Å². The number of ether oxygens (including phenoxy) is 6. The molecule has 0 saturated carbocycles. The first-order valence-corrected chi connectivity index (χ1v) is 29.3. The Balaban J connectivity index is 0.000000609. The number of aliphatic carboxylic acids is 2. The van der Waals surface area contributed by atoms with Gasteiger partial charge in [-0.2, -0.15) is 0 Å². The number of carbonyl (C=O) groups excluding carboxylic acids is 10. The third-order valence-electron chi connectivity index (χ3n) is 14.1. The third kappa shape index (κ3) is 29.6. The first-order chi connectivity index (χ1) is 42.1. The van der Waals surface area contributed by atoms with E-state index in [0.29, 0.717) is 56.4 Å². The van der Waals surface area contributed by atoms with E-state index in [4.69, 9.17) is 38.6 Å². The van der Waals surface area contributed by atoms with Gasteiger partial charge in [-0.1, -0.05) is 6.92 Å². The monoisotopic (exact) mass is 1280 g/mol. The molecule has 0 radical (unpaired) electrons. The average molecular weight is 1280 g/mol. The maximum absolute atomic E-state index is 12.5. The lowest BCUT2D eigenvalue weighted by Gasteiger charge is -2.48. The highest BCUT2D eigenvalue weighted by atomic mass is 16.8. The van der Waals surface area contributed by atoms with E-state index in [1.807, 2.05) is 0 Å². The second-order valence-electron chi connectivity index (χ2n) is 21.2. The number of hydrogen-bond acceptors (Lipinski definition) is 26. The van der Waals surface area contributed by atoms with Crippen LogP contribution in [0.4, 0.5) is 0 Å². The topological polar surface area (TPSA) is 517 Å². The summed E-state index contributed by atoms with van der Waals surface area (Å²) >= 11 is 0. The molecule has 3 aliphatic rings. The molecule has 6 amide bonds.